The lowest BCUT2D eigenvalue weighted by molar-refractivity contribution is -0.154. The Balaban J connectivity index is 1.67. The highest BCUT2D eigenvalue weighted by molar-refractivity contribution is 5.89. The molecule has 0 spiro atoms. The molecule has 11 heteroatoms. The number of halogens is 3. The van der Waals surface area contributed by atoms with Crippen LogP contribution in [-0.4, -0.2) is 49.9 Å². The van der Waals surface area contributed by atoms with Crippen molar-refractivity contribution in [1.29, 1.82) is 0 Å². The summed E-state index contributed by atoms with van der Waals surface area (Å²) in [6.45, 7) is 0.177. The SMILES string of the molecule is O=c1[nH]c(OCC(F)(F)F)nc2c(-c3cn(CC4CCCN4)cn3)nccc12. The molecule has 1 aliphatic heterocycles. The van der Waals surface area contributed by atoms with E-state index in [4.69, 9.17) is 0 Å². The molecule has 4 rings (SSSR count). The number of hydrogen-bond acceptors (Lipinski definition) is 6. The number of H-pyrrole nitrogens is 1. The smallest absolute Gasteiger partial charge is 0.422 e. The standard InChI is InChI=1S/C17H17F3N6O2/c18-17(19,20)8-28-16-24-13-11(15(27)25-16)3-5-22-14(13)12-7-26(9-23-12)6-10-2-1-4-21-10/h3,5,7,9-10,21H,1-2,4,6,8H2,(H,24,25,27). The molecule has 0 amide bonds. The van der Waals surface area contributed by atoms with Crippen LogP contribution in [0.2, 0.25) is 0 Å². The van der Waals surface area contributed by atoms with E-state index in [1.165, 1.54) is 12.3 Å². The zero-order chi connectivity index (χ0) is 19.7. The average molecular weight is 394 g/mol. The second kappa shape index (κ2) is 7.23. The number of fused-ring (bicyclic) bond motifs is 1. The highest BCUT2D eigenvalue weighted by Crippen LogP contribution is 2.24. The Hall–Kier alpha value is -2.95. The number of alkyl halides is 3. The minimum Gasteiger partial charge on any atom is -0.455 e. The van der Waals surface area contributed by atoms with Crippen LogP contribution in [0.15, 0.2) is 29.6 Å². The molecule has 1 unspecified atom stereocenters. The summed E-state index contributed by atoms with van der Waals surface area (Å²) in [5, 5.41) is 3.59. The van der Waals surface area contributed by atoms with E-state index in [1.54, 1.807) is 12.5 Å². The maximum Gasteiger partial charge on any atom is 0.422 e. The number of nitrogens with zero attached hydrogens (tertiary/aromatic N) is 4. The van der Waals surface area contributed by atoms with Crippen LogP contribution < -0.4 is 15.6 Å². The van der Waals surface area contributed by atoms with Gasteiger partial charge in [0.05, 0.1) is 11.7 Å². The van der Waals surface area contributed by atoms with E-state index in [0.29, 0.717) is 17.4 Å². The molecule has 28 heavy (non-hydrogen) atoms. The maximum absolute atomic E-state index is 12.4. The van der Waals surface area contributed by atoms with Gasteiger partial charge in [0, 0.05) is 25.0 Å². The van der Waals surface area contributed by atoms with Gasteiger partial charge in [-0.25, -0.2) is 4.98 Å². The van der Waals surface area contributed by atoms with E-state index in [-0.39, 0.29) is 10.9 Å². The third kappa shape index (κ3) is 3.98. The van der Waals surface area contributed by atoms with Crippen molar-refractivity contribution < 1.29 is 17.9 Å². The second-order valence-corrected chi connectivity index (χ2v) is 6.58. The molecule has 1 aliphatic rings. The summed E-state index contributed by atoms with van der Waals surface area (Å²) in [7, 11) is 0. The Morgan fingerprint density at radius 3 is 2.93 bits per heavy atom. The Morgan fingerprint density at radius 1 is 1.32 bits per heavy atom. The largest absolute Gasteiger partial charge is 0.455 e. The molecule has 2 N–H and O–H groups in total. The molecule has 0 aliphatic carbocycles. The van der Waals surface area contributed by atoms with Crippen LogP contribution in [0.4, 0.5) is 13.2 Å². The van der Waals surface area contributed by atoms with Gasteiger partial charge >= 0.3 is 6.18 Å². The Labute approximate surface area is 156 Å². The van der Waals surface area contributed by atoms with Gasteiger partial charge in [-0.05, 0) is 25.5 Å². The Bertz CT molecular complexity index is 1040. The van der Waals surface area contributed by atoms with Crippen LogP contribution in [0, 0.1) is 0 Å². The number of aromatic nitrogens is 5. The number of nitrogens with one attached hydrogen (secondary N) is 2. The van der Waals surface area contributed by atoms with Gasteiger partial charge in [0.1, 0.15) is 16.9 Å². The maximum atomic E-state index is 12.4. The van der Waals surface area contributed by atoms with Crippen LogP contribution >= 0.6 is 0 Å². The molecule has 4 heterocycles. The minimum absolute atomic E-state index is 0.132. The molecule has 1 saturated heterocycles. The minimum atomic E-state index is -4.54. The van der Waals surface area contributed by atoms with Crippen molar-refractivity contribution in [3.8, 4) is 17.4 Å². The van der Waals surface area contributed by atoms with E-state index in [1.807, 2.05) is 4.57 Å². The number of aromatic amines is 1. The van der Waals surface area contributed by atoms with E-state index < -0.39 is 24.4 Å². The summed E-state index contributed by atoms with van der Waals surface area (Å²) in [5.74, 6) is 0. The Kier molecular flexibility index (Phi) is 4.75. The molecule has 1 atom stereocenters. The molecule has 3 aromatic heterocycles. The molecule has 8 nitrogen and oxygen atoms in total. The first-order valence-corrected chi connectivity index (χ1v) is 8.73. The molecule has 1 fully saturated rings. The number of pyridine rings is 1. The average Bonchev–Trinajstić information content (AvgIpc) is 3.32. The predicted molar refractivity (Wildman–Crippen MR) is 94.0 cm³/mol. The fourth-order valence-corrected chi connectivity index (χ4v) is 3.20. The third-order valence-corrected chi connectivity index (χ3v) is 4.44. The van der Waals surface area contributed by atoms with Crippen molar-refractivity contribution in [1.82, 2.24) is 29.8 Å². The number of imidazole rings is 1. The van der Waals surface area contributed by atoms with Crippen molar-refractivity contribution in [3.05, 3.63) is 35.1 Å². The molecule has 0 aromatic carbocycles. The van der Waals surface area contributed by atoms with Crippen LogP contribution in [0.5, 0.6) is 6.01 Å². The summed E-state index contributed by atoms with van der Waals surface area (Å²) in [5.41, 5.74) is 0.301. The lowest BCUT2D eigenvalue weighted by Gasteiger charge is -2.10. The molecule has 0 saturated carbocycles. The summed E-state index contributed by atoms with van der Waals surface area (Å²) < 4.78 is 43.7. The van der Waals surface area contributed by atoms with Crippen LogP contribution in [0.3, 0.4) is 0 Å². The van der Waals surface area contributed by atoms with Crippen molar-refractivity contribution in [2.75, 3.05) is 13.2 Å². The second-order valence-electron chi connectivity index (χ2n) is 6.58. The van der Waals surface area contributed by atoms with Gasteiger partial charge < -0.3 is 14.6 Å². The van der Waals surface area contributed by atoms with Gasteiger partial charge in [-0.2, -0.15) is 18.2 Å². The van der Waals surface area contributed by atoms with Gasteiger partial charge in [0.2, 0.25) is 0 Å². The van der Waals surface area contributed by atoms with Crippen molar-refractivity contribution >= 4 is 10.9 Å². The summed E-state index contributed by atoms with van der Waals surface area (Å²) >= 11 is 0. The van der Waals surface area contributed by atoms with Crippen LogP contribution in [0.25, 0.3) is 22.3 Å². The molecule has 0 radical (unpaired) electrons. The van der Waals surface area contributed by atoms with E-state index in [9.17, 15) is 18.0 Å². The summed E-state index contributed by atoms with van der Waals surface area (Å²) in [6, 6.07) is 1.29. The first-order chi connectivity index (χ1) is 13.4. The van der Waals surface area contributed by atoms with Crippen molar-refractivity contribution in [2.24, 2.45) is 0 Å². The van der Waals surface area contributed by atoms with E-state index in [2.05, 4.69) is 30.0 Å². The monoisotopic (exact) mass is 394 g/mol. The lowest BCUT2D eigenvalue weighted by Crippen LogP contribution is -2.26. The first kappa shape index (κ1) is 18.4. The van der Waals surface area contributed by atoms with Crippen molar-refractivity contribution in [3.63, 3.8) is 0 Å². The van der Waals surface area contributed by atoms with Crippen molar-refractivity contribution in [2.45, 2.75) is 31.6 Å². The van der Waals surface area contributed by atoms with Gasteiger partial charge in [-0.1, -0.05) is 0 Å². The predicted octanol–water partition coefficient (Wildman–Crippen LogP) is 1.87. The number of rotatable bonds is 5. The summed E-state index contributed by atoms with van der Waals surface area (Å²) in [6.07, 6.45) is 2.53. The molecular formula is C17H17F3N6O2. The molecule has 0 bridgehead atoms. The van der Waals surface area contributed by atoms with Crippen LogP contribution in [-0.2, 0) is 6.54 Å². The van der Waals surface area contributed by atoms with Gasteiger partial charge in [-0.15, -0.1) is 0 Å². The fraction of sp³-hybridized carbons (Fsp3) is 0.412. The highest BCUT2D eigenvalue weighted by atomic mass is 19.4. The topological polar surface area (TPSA) is 97.7 Å². The lowest BCUT2D eigenvalue weighted by atomic mass is 10.2. The van der Waals surface area contributed by atoms with E-state index >= 15 is 0 Å². The van der Waals surface area contributed by atoms with Gasteiger partial charge in [0.15, 0.2) is 6.61 Å². The van der Waals surface area contributed by atoms with Crippen LogP contribution in [0.1, 0.15) is 12.8 Å². The summed E-state index contributed by atoms with van der Waals surface area (Å²) in [4.78, 5) is 27.0. The zero-order valence-electron chi connectivity index (χ0n) is 14.7. The first-order valence-electron chi connectivity index (χ1n) is 8.73. The zero-order valence-corrected chi connectivity index (χ0v) is 14.7. The third-order valence-electron chi connectivity index (χ3n) is 4.44. The quantitative estimate of drug-likeness (QED) is 0.686. The van der Waals surface area contributed by atoms with E-state index in [0.717, 1.165) is 25.9 Å². The highest BCUT2D eigenvalue weighted by Gasteiger charge is 2.29. The molecular weight excluding hydrogens is 377 g/mol. The van der Waals surface area contributed by atoms with Gasteiger partial charge in [-0.3, -0.25) is 14.8 Å². The Morgan fingerprint density at radius 2 is 2.18 bits per heavy atom. The fourth-order valence-electron chi connectivity index (χ4n) is 3.20. The molecule has 148 valence electrons. The normalized spacial score (nSPS) is 17.3. The van der Waals surface area contributed by atoms with Gasteiger partial charge in [0.25, 0.3) is 11.6 Å². The number of ether oxygens (including phenoxy) is 1. The molecule has 3 aromatic rings. The number of hydrogen-bond donors (Lipinski definition) is 2.